The number of hydrogen-bond acceptors (Lipinski definition) is 5. The van der Waals surface area contributed by atoms with Crippen molar-refractivity contribution in [1.29, 1.82) is 0 Å². The van der Waals surface area contributed by atoms with Crippen molar-refractivity contribution in [2.45, 2.75) is 70.2 Å². The van der Waals surface area contributed by atoms with Crippen LogP contribution in [0.25, 0.3) is 0 Å². The first-order valence-electron chi connectivity index (χ1n) is 8.68. The smallest absolute Gasteiger partial charge is 0.305 e. The third kappa shape index (κ3) is 5.84. The van der Waals surface area contributed by atoms with Crippen LogP contribution in [0.1, 0.15) is 57.6 Å². The Balaban J connectivity index is 1.85. The van der Waals surface area contributed by atoms with Gasteiger partial charge in [0.15, 0.2) is 5.16 Å². The van der Waals surface area contributed by atoms with Crippen LogP contribution in [0.4, 0.5) is 0 Å². The minimum absolute atomic E-state index is 0.0309. The lowest BCUT2D eigenvalue weighted by Gasteiger charge is -2.23. The Bertz CT molecular complexity index is 484. The Hall–Kier alpha value is -1.01. The zero-order valence-corrected chi connectivity index (χ0v) is 14.8. The van der Waals surface area contributed by atoms with Gasteiger partial charge in [-0.15, -0.1) is 0 Å². The molecule has 1 heterocycles. The van der Waals surface area contributed by atoms with Crippen LogP contribution < -0.4 is 0 Å². The van der Waals surface area contributed by atoms with E-state index in [1.54, 1.807) is 18.0 Å². The summed E-state index contributed by atoms with van der Waals surface area (Å²) in [7, 11) is 0. The van der Waals surface area contributed by atoms with Gasteiger partial charge in [0.2, 0.25) is 0 Å². The molecule has 0 unspecified atom stereocenters. The van der Waals surface area contributed by atoms with E-state index < -0.39 is 0 Å². The molecular weight excluding hydrogens is 312 g/mol. The third-order valence-corrected chi connectivity index (χ3v) is 5.37. The van der Waals surface area contributed by atoms with Crippen LogP contribution in [0.15, 0.2) is 11.4 Å². The Morgan fingerprint density at radius 3 is 2.91 bits per heavy atom. The quantitative estimate of drug-likeness (QED) is 0.424. The van der Waals surface area contributed by atoms with Crippen molar-refractivity contribution in [2.24, 2.45) is 5.92 Å². The molecule has 1 aromatic rings. The summed E-state index contributed by atoms with van der Waals surface area (Å²) in [6.45, 7) is 3.25. The first-order chi connectivity index (χ1) is 11.2. The van der Waals surface area contributed by atoms with Gasteiger partial charge in [-0.2, -0.15) is 0 Å². The highest BCUT2D eigenvalue weighted by Crippen LogP contribution is 2.28. The van der Waals surface area contributed by atoms with E-state index >= 15 is 0 Å². The lowest BCUT2D eigenvalue weighted by molar-refractivity contribution is -0.143. The maximum Gasteiger partial charge on any atom is 0.305 e. The number of rotatable bonds is 9. The summed E-state index contributed by atoms with van der Waals surface area (Å²) >= 11 is 1.66. The highest BCUT2D eigenvalue weighted by atomic mass is 32.2. The Labute approximate surface area is 142 Å². The molecule has 0 atom stereocenters. The van der Waals surface area contributed by atoms with Gasteiger partial charge in [-0.1, -0.05) is 31.0 Å². The second-order valence-corrected chi connectivity index (χ2v) is 7.12. The summed E-state index contributed by atoms with van der Waals surface area (Å²) in [6.07, 6.45) is 9.54. The van der Waals surface area contributed by atoms with E-state index in [2.05, 4.69) is 9.55 Å². The van der Waals surface area contributed by atoms with E-state index in [4.69, 9.17) is 4.74 Å². The largest absolute Gasteiger partial charge is 0.466 e. The molecule has 130 valence electrons. The number of nitrogens with zero attached hydrogens (tertiary/aromatic N) is 2. The summed E-state index contributed by atoms with van der Waals surface area (Å²) in [5, 5.41) is 10.5. The molecule has 0 bridgehead atoms. The summed E-state index contributed by atoms with van der Waals surface area (Å²) in [5.41, 5.74) is 0.892. The monoisotopic (exact) mass is 340 g/mol. The van der Waals surface area contributed by atoms with Crippen molar-refractivity contribution in [3.8, 4) is 0 Å². The van der Waals surface area contributed by atoms with Gasteiger partial charge in [-0.25, -0.2) is 4.98 Å². The number of thioether (sulfide) groups is 1. The summed E-state index contributed by atoms with van der Waals surface area (Å²) < 4.78 is 7.11. The molecule has 0 amide bonds. The normalized spacial score (nSPS) is 15.7. The summed E-state index contributed by atoms with van der Waals surface area (Å²) in [5.74, 6) is 1.41. The molecule has 1 fully saturated rings. The molecular formula is C17H28N2O3S. The summed E-state index contributed by atoms with van der Waals surface area (Å²) in [4.78, 5) is 15.8. The van der Waals surface area contributed by atoms with Crippen LogP contribution in [0.2, 0.25) is 0 Å². The van der Waals surface area contributed by atoms with Crippen LogP contribution >= 0.6 is 11.8 Å². The van der Waals surface area contributed by atoms with Gasteiger partial charge >= 0.3 is 5.97 Å². The van der Waals surface area contributed by atoms with Crippen molar-refractivity contribution in [3.63, 3.8) is 0 Å². The van der Waals surface area contributed by atoms with Crippen LogP contribution in [0.3, 0.4) is 0 Å². The molecule has 2 rings (SSSR count). The van der Waals surface area contributed by atoms with E-state index in [0.717, 1.165) is 29.6 Å². The Kier molecular flexibility index (Phi) is 7.95. The zero-order chi connectivity index (χ0) is 16.5. The number of hydrogen-bond donors (Lipinski definition) is 1. The Morgan fingerprint density at radius 1 is 1.43 bits per heavy atom. The van der Waals surface area contributed by atoms with Gasteiger partial charge in [-0.3, -0.25) is 4.79 Å². The second kappa shape index (κ2) is 9.98. The molecule has 1 aliphatic rings. The minimum Gasteiger partial charge on any atom is -0.466 e. The molecule has 1 aromatic heterocycles. The fraction of sp³-hybridized carbons (Fsp3) is 0.765. The fourth-order valence-corrected chi connectivity index (χ4v) is 4.02. The first kappa shape index (κ1) is 18.3. The predicted molar refractivity (Wildman–Crippen MR) is 91.3 cm³/mol. The summed E-state index contributed by atoms with van der Waals surface area (Å²) in [6, 6.07) is 0. The molecule has 0 saturated heterocycles. The molecule has 6 heteroatoms. The van der Waals surface area contributed by atoms with Crippen molar-refractivity contribution >= 4 is 17.7 Å². The van der Waals surface area contributed by atoms with Crippen molar-refractivity contribution in [2.75, 3.05) is 12.4 Å². The molecule has 0 spiro atoms. The van der Waals surface area contributed by atoms with Gasteiger partial charge in [0, 0.05) is 18.7 Å². The predicted octanol–water partition coefficient (Wildman–Crippen LogP) is 3.39. The number of aromatic nitrogens is 2. The SMILES string of the molecule is CCOC(=O)CCCSc1ncc(CO)n1CC1CCCCC1. The fourth-order valence-electron chi connectivity index (χ4n) is 3.07. The van der Waals surface area contributed by atoms with Gasteiger partial charge in [0.25, 0.3) is 0 Å². The average Bonchev–Trinajstić information content (AvgIpc) is 2.95. The topological polar surface area (TPSA) is 64.3 Å². The standard InChI is InChI=1S/C17H28N2O3S/c1-2-22-16(21)9-6-10-23-17-18-11-15(13-20)19(17)12-14-7-4-3-5-8-14/h11,14,20H,2-10,12-13H2,1H3. The Morgan fingerprint density at radius 2 is 2.22 bits per heavy atom. The lowest BCUT2D eigenvalue weighted by atomic mass is 9.89. The van der Waals surface area contributed by atoms with E-state index in [9.17, 15) is 9.90 Å². The first-order valence-corrected chi connectivity index (χ1v) is 9.66. The minimum atomic E-state index is -0.130. The maximum atomic E-state index is 11.3. The highest BCUT2D eigenvalue weighted by molar-refractivity contribution is 7.99. The number of carbonyl (C=O) groups excluding carboxylic acids is 1. The lowest BCUT2D eigenvalue weighted by Crippen LogP contribution is -2.16. The molecule has 1 saturated carbocycles. The van der Waals surface area contributed by atoms with Gasteiger partial charge in [0.05, 0.1) is 25.1 Å². The van der Waals surface area contributed by atoms with Crippen LogP contribution in [0, 0.1) is 5.92 Å². The third-order valence-electron chi connectivity index (χ3n) is 4.29. The number of esters is 1. The molecule has 23 heavy (non-hydrogen) atoms. The molecule has 0 aromatic carbocycles. The number of aliphatic hydroxyl groups excluding tert-OH is 1. The average molecular weight is 340 g/mol. The number of ether oxygens (including phenoxy) is 1. The zero-order valence-electron chi connectivity index (χ0n) is 14.0. The van der Waals surface area contributed by atoms with E-state index in [1.165, 1.54) is 32.1 Å². The van der Waals surface area contributed by atoms with Crippen molar-refractivity contribution < 1.29 is 14.6 Å². The van der Waals surface area contributed by atoms with E-state index in [0.29, 0.717) is 18.9 Å². The van der Waals surface area contributed by atoms with Crippen LogP contribution in [0.5, 0.6) is 0 Å². The second-order valence-electron chi connectivity index (χ2n) is 6.06. The van der Waals surface area contributed by atoms with Gasteiger partial charge in [-0.05, 0) is 32.1 Å². The van der Waals surface area contributed by atoms with Crippen LogP contribution in [-0.2, 0) is 22.7 Å². The van der Waals surface area contributed by atoms with Gasteiger partial charge in [0.1, 0.15) is 0 Å². The highest BCUT2D eigenvalue weighted by Gasteiger charge is 2.18. The molecule has 5 nitrogen and oxygen atoms in total. The molecule has 0 radical (unpaired) electrons. The van der Waals surface area contributed by atoms with E-state index in [1.807, 2.05) is 6.92 Å². The molecule has 1 N–H and O–H groups in total. The van der Waals surface area contributed by atoms with Crippen molar-refractivity contribution in [3.05, 3.63) is 11.9 Å². The van der Waals surface area contributed by atoms with E-state index in [-0.39, 0.29) is 12.6 Å². The maximum absolute atomic E-state index is 11.3. The van der Waals surface area contributed by atoms with Crippen LogP contribution in [-0.4, -0.2) is 33.0 Å². The number of aliphatic hydroxyl groups is 1. The molecule has 1 aliphatic carbocycles. The number of carbonyl (C=O) groups is 1. The van der Waals surface area contributed by atoms with Crippen molar-refractivity contribution in [1.82, 2.24) is 9.55 Å². The van der Waals surface area contributed by atoms with Gasteiger partial charge < -0.3 is 14.4 Å². The number of imidazole rings is 1. The molecule has 0 aliphatic heterocycles.